The lowest BCUT2D eigenvalue weighted by molar-refractivity contribution is -0.142. The fourth-order valence-corrected chi connectivity index (χ4v) is 4.17. The first kappa shape index (κ1) is 20.4. The second kappa shape index (κ2) is 8.08. The zero-order valence-corrected chi connectivity index (χ0v) is 17.3. The highest BCUT2D eigenvalue weighted by Crippen LogP contribution is 2.34. The van der Waals surface area contributed by atoms with Crippen LogP contribution in [0.1, 0.15) is 10.4 Å². The Labute approximate surface area is 174 Å². The molecule has 1 fully saturated rings. The number of carbonyl (C=O) groups is 2. The van der Waals surface area contributed by atoms with E-state index in [1.165, 1.54) is 29.2 Å². The molecule has 2 aromatic carbocycles. The van der Waals surface area contributed by atoms with Crippen LogP contribution in [0.3, 0.4) is 0 Å². The van der Waals surface area contributed by atoms with E-state index in [1.807, 2.05) is 0 Å². The van der Waals surface area contributed by atoms with Gasteiger partial charge in [-0.3, -0.25) is 9.59 Å². The summed E-state index contributed by atoms with van der Waals surface area (Å²) in [6, 6.07) is 12.8. The zero-order chi connectivity index (χ0) is 21.3. The molecule has 0 aliphatic carbocycles. The molecule has 0 bridgehead atoms. The Hall–Kier alpha value is -2.91. The SMILES string of the molecule is CS(=O)(=O)c1ccc(C(=O)N2C[C@H](C(=O)N3CCOCC3)Oc3ccccc32)cc1. The highest BCUT2D eigenvalue weighted by molar-refractivity contribution is 7.90. The standard InChI is InChI=1S/C21H22N2O6S/c1-30(26,27)16-8-6-15(7-9-16)20(24)23-14-19(21(25)22-10-12-28-13-11-22)29-18-5-3-2-4-17(18)23/h2-9,19H,10-14H2,1H3/t19-/m1/s1. The fraction of sp³-hybridized carbons (Fsp3) is 0.333. The van der Waals surface area contributed by atoms with Gasteiger partial charge in [0, 0.05) is 24.9 Å². The molecule has 1 atom stereocenters. The summed E-state index contributed by atoms with van der Waals surface area (Å²) in [6.07, 6.45) is 0.293. The molecule has 1 saturated heterocycles. The van der Waals surface area contributed by atoms with Crippen molar-refractivity contribution in [1.29, 1.82) is 0 Å². The predicted octanol–water partition coefficient (Wildman–Crippen LogP) is 1.36. The largest absolute Gasteiger partial charge is 0.476 e. The summed E-state index contributed by atoms with van der Waals surface area (Å²) in [5.41, 5.74) is 0.900. The summed E-state index contributed by atoms with van der Waals surface area (Å²) < 4.78 is 34.6. The van der Waals surface area contributed by atoms with Crippen LogP contribution in [-0.2, 0) is 19.4 Å². The maximum atomic E-state index is 13.2. The number of ether oxygens (including phenoxy) is 2. The molecule has 158 valence electrons. The summed E-state index contributed by atoms with van der Waals surface area (Å²) in [7, 11) is -3.36. The number of benzene rings is 2. The third kappa shape index (κ3) is 4.03. The Bertz CT molecular complexity index is 1060. The molecule has 0 unspecified atom stereocenters. The number of rotatable bonds is 3. The second-order valence-electron chi connectivity index (χ2n) is 7.22. The van der Waals surface area contributed by atoms with Gasteiger partial charge in [0.05, 0.1) is 30.3 Å². The van der Waals surface area contributed by atoms with E-state index >= 15 is 0 Å². The lowest BCUT2D eigenvalue weighted by Crippen LogP contribution is -2.54. The summed E-state index contributed by atoms with van der Waals surface area (Å²) in [6.45, 7) is 2.00. The Morgan fingerprint density at radius 1 is 1.00 bits per heavy atom. The monoisotopic (exact) mass is 430 g/mol. The zero-order valence-electron chi connectivity index (χ0n) is 16.5. The molecule has 0 aromatic heterocycles. The predicted molar refractivity (Wildman–Crippen MR) is 109 cm³/mol. The third-order valence-corrected chi connectivity index (χ3v) is 6.27. The van der Waals surface area contributed by atoms with E-state index in [9.17, 15) is 18.0 Å². The lowest BCUT2D eigenvalue weighted by atomic mass is 10.1. The van der Waals surface area contributed by atoms with Gasteiger partial charge >= 0.3 is 0 Å². The first-order valence-electron chi connectivity index (χ1n) is 9.59. The minimum absolute atomic E-state index is 0.0693. The third-order valence-electron chi connectivity index (χ3n) is 5.15. The average molecular weight is 430 g/mol. The van der Waals surface area contributed by atoms with Gasteiger partial charge in [0.1, 0.15) is 5.75 Å². The van der Waals surface area contributed by atoms with Gasteiger partial charge in [-0.05, 0) is 36.4 Å². The molecule has 2 aromatic rings. The molecule has 2 heterocycles. The summed E-state index contributed by atoms with van der Waals surface area (Å²) in [5, 5.41) is 0. The average Bonchev–Trinajstić information content (AvgIpc) is 2.77. The van der Waals surface area contributed by atoms with E-state index in [2.05, 4.69) is 0 Å². The Kier molecular flexibility index (Phi) is 5.48. The van der Waals surface area contributed by atoms with E-state index in [-0.39, 0.29) is 23.3 Å². The van der Waals surface area contributed by atoms with Gasteiger partial charge in [0.15, 0.2) is 15.9 Å². The highest BCUT2D eigenvalue weighted by atomic mass is 32.2. The van der Waals surface area contributed by atoms with Crippen LogP contribution in [0.4, 0.5) is 5.69 Å². The maximum absolute atomic E-state index is 13.2. The second-order valence-corrected chi connectivity index (χ2v) is 9.24. The number of anilines is 1. The number of amides is 2. The van der Waals surface area contributed by atoms with Crippen molar-refractivity contribution in [1.82, 2.24) is 4.90 Å². The Morgan fingerprint density at radius 2 is 1.67 bits per heavy atom. The van der Waals surface area contributed by atoms with Gasteiger partial charge in [-0.15, -0.1) is 0 Å². The van der Waals surface area contributed by atoms with Gasteiger partial charge in [-0.2, -0.15) is 0 Å². The van der Waals surface area contributed by atoms with Gasteiger partial charge in [0.2, 0.25) is 0 Å². The molecule has 0 radical (unpaired) electrons. The summed E-state index contributed by atoms with van der Waals surface area (Å²) >= 11 is 0. The van der Waals surface area contributed by atoms with Crippen molar-refractivity contribution in [2.75, 3.05) is 44.0 Å². The number of fused-ring (bicyclic) bond motifs is 1. The van der Waals surface area contributed by atoms with Crippen LogP contribution >= 0.6 is 0 Å². The van der Waals surface area contributed by atoms with E-state index in [4.69, 9.17) is 9.47 Å². The normalized spacial score (nSPS) is 19.0. The van der Waals surface area contributed by atoms with Gasteiger partial charge < -0.3 is 19.3 Å². The van der Waals surface area contributed by atoms with E-state index in [0.717, 1.165) is 6.26 Å². The Balaban J connectivity index is 1.62. The topological polar surface area (TPSA) is 93.2 Å². The molecular formula is C21H22N2O6S. The number of sulfone groups is 1. The first-order valence-corrected chi connectivity index (χ1v) is 11.5. The minimum atomic E-state index is -3.36. The van der Waals surface area contributed by atoms with Crippen molar-refractivity contribution in [3.8, 4) is 5.75 Å². The van der Waals surface area contributed by atoms with E-state index < -0.39 is 15.9 Å². The smallest absolute Gasteiger partial charge is 0.265 e. The first-order chi connectivity index (χ1) is 14.3. The number of para-hydroxylation sites is 2. The molecule has 30 heavy (non-hydrogen) atoms. The molecule has 0 N–H and O–H groups in total. The van der Waals surface area contributed by atoms with Gasteiger partial charge in [-0.1, -0.05) is 12.1 Å². The summed E-state index contributed by atoms with van der Waals surface area (Å²) in [5.74, 6) is -0.0555. The van der Waals surface area contributed by atoms with Crippen LogP contribution in [0.25, 0.3) is 0 Å². The number of carbonyl (C=O) groups excluding carboxylic acids is 2. The quantitative estimate of drug-likeness (QED) is 0.730. The van der Waals surface area contributed by atoms with Crippen molar-refractivity contribution < 1.29 is 27.5 Å². The maximum Gasteiger partial charge on any atom is 0.265 e. The number of hydrogen-bond acceptors (Lipinski definition) is 6. The fourth-order valence-electron chi connectivity index (χ4n) is 3.54. The lowest BCUT2D eigenvalue weighted by Gasteiger charge is -2.37. The van der Waals surface area contributed by atoms with Gasteiger partial charge in [-0.25, -0.2) is 8.42 Å². The molecule has 2 aliphatic heterocycles. The van der Waals surface area contributed by atoms with Crippen molar-refractivity contribution in [2.45, 2.75) is 11.0 Å². The van der Waals surface area contributed by atoms with Crippen molar-refractivity contribution in [2.24, 2.45) is 0 Å². The molecule has 8 nitrogen and oxygen atoms in total. The van der Waals surface area contributed by atoms with Crippen molar-refractivity contribution >= 4 is 27.3 Å². The highest BCUT2D eigenvalue weighted by Gasteiger charge is 2.36. The number of nitrogens with zero attached hydrogens (tertiary/aromatic N) is 2. The van der Waals surface area contributed by atoms with Crippen molar-refractivity contribution in [3.63, 3.8) is 0 Å². The molecule has 2 amide bonds. The van der Waals surface area contributed by atoms with E-state index in [0.29, 0.717) is 43.3 Å². The summed E-state index contributed by atoms with van der Waals surface area (Å²) in [4.78, 5) is 29.5. The molecule has 0 saturated carbocycles. The van der Waals surface area contributed by atoms with Crippen LogP contribution in [-0.4, -0.2) is 70.3 Å². The molecule has 9 heteroatoms. The van der Waals surface area contributed by atoms with Crippen LogP contribution in [0.2, 0.25) is 0 Å². The molecule has 4 rings (SSSR count). The molecular weight excluding hydrogens is 408 g/mol. The van der Waals surface area contributed by atoms with Crippen LogP contribution in [0.15, 0.2) is 53.4 Å². The van der Waals surface area contributed by atoms with E-state index in [1.54, 1.807) is 29.2 Å². The minimum Gasteiger partial charge on any atom is -0.476 e. The van der Waals surface area contributed by atoms with Crippen LogP contribution < -0.4 is 9.64 Å². The number of morpholine rings is 1. The van der Waals surface area contributed by atoms with Gasteiger partial charge in [0.25, 0.3) is 11.8 Å². The van der Waals surface area contributed by atoms with Crippen LogP contribution in [0, 0.1) is 0 Å². The molecule has 0 spiro atoms. The molecule has 2 aliphatic rings. The Morgan fingerprint density at radius 3 is 2.33 bits per heavy atom. The van der Waals surface area contributed by atoms with Crippen molar-refractivity contribution in [3.05, 3.63) is 54.1 Å². The number of hydrogen-bond donors (Lipinski definition) is 0. The van der Waals surface area contributed by atoms with Crippen LogP contribution in [0.5, 0.6) is 5.75 Å².